The van der Waals surface area contributed by atoms with Gasteiger partial charge in [0.15, 0.2) is 0 Å². The third kappa shape index (κ3) is 5.94. The van der Waals surface area contributed by atoms with Gasteiger partial charge in [0.25, 0.3) is 0 Å². The number of benzene rings is 1. The third-order valence-corrected chi connectivity index (χ3v) is 4.47. The summed E-state index contributed by atoms with van der Waals surface area (Å²) >= 11 is 5.58. The first-order valence-corrected chi connectivity index (χ1v) is 7.91. The van der Waals surface area contributed by atoms with Crippen LogP contribution < -0.4 is 5.32 Å². The molecule has 1 rings (SSSR count). The second-order valence-corrected chi connectivity index (χ2v) is 6.94. The SMILES string of the molecule is CC(C)CSc1ccc(CNC(C)C)c(Br)c1. The minimum absolute atomic E-state index is 0.525. The van der Waals surface area contributed by atoms with Crippen molar-refractivity contribution in [2.45, 2.75) is 45.2 Å². The first-order chi connectivity index (χ1) is 7.99. The van der Waals surface area contributed by atoms with Crippen molar-refractivity contribution in [1.82, 2.24) is 5.32 Å². The number of hydrogen-bond acceptors (Lipinski definition) is 2. The van der Waals surface area contributed by atoms with Crippen LogP contribution >= 0.6 is 27.7 Å². The Morgan fingerprint density at radius 1 is 1.24 bits per heavy atom. The first-order valence-electron chi connectivity index (χ1n) is 6.13. The van der Waals surface area contributed by atoms with Gasteiger partial charge in [0, 0.05) is 27.7 Å². The minimum Gasteiger partial charge on any atom is -0.310 e. The van der Waals surface area contributed by atoms with Crippen molar-refractivity contribution in [1.29, 1.82) is 0 Å². The average molecular weight is 316 g/mol. The highest BCUT2D eigenvalue weighted by molar-refractivity contribution is 9.10. The molecule has 0 radical (unpaired) electrons. The van der Waals surface area contributed by atoms with Crippen molar-refractivity contribution in [3.05, 3.63) is 28.2 Å². The zero-order valence-electron chi connectivity index (χ0n) is 11.1. The standard InChI is InChI=1S/C14H22BrNS/c1-10(2)9-17-13-6-5-12(14(15)7-13)8-16-11(3)4/h5-7,10-11,16H,8-9H2,1-4H3. The van der Waals surface area contributed by atoms with Gasteiger partial charge in [-0.2, -0.15) is 0 Å². The van der Waals surface area contributed by atoms with E-state index in [1.165, 1.54) is 20.7 Å². The Morgan fingerprint density at radius 3 is 2.47 bits per heavy atom. The molecule has 0 aliphatic rings. The Morgan fingerprint density at radius 2 is 1.94 bits per heavy atom. The topological polar surface area (TPSA) is 12.0 Å². The molecule has 3 heteroatoms. The van der Waals surface area contributed by atoms with E-state index < -0.39 is 0 Å². The van der Waals surface area contributed by atoms with Gasteiger partial charge < -0.3 is 5.32 Å². The molecule has 0 aliphatic heterocycles. The summed E-state index contributed by atoms with van der Waals surface area (Å²) in [5, 5.41) is 3.44. The molecule has 0 fully saturated rings. The molecule has 0 spiro atoms. The Kier molecular flexibility index (Phi) is 6.60. The fraction of sp³-hybridized carbons (Fsp3) is 0.571. The van der Waals surface area contributed by atoms with Crippen LogP contribution in [0.1, 0.15) is 33.3 Å². The van der Waals surface area contributed by atoms with Crippen molar-refractivity contribution in [2.75, 3.05) is 5.75 Å². The van der Waals surface area contributed by atoms with E-state index in [4.69, 9.17) is 0 Å². The predicted octanol–water partition coefficient (Wildman–Crippen LogP) is 4.70. The summed E-state index contributed by atoms with van der Waals surface area (Å²) in [6.45, 7) is 9.76. The summed E-state index contributed by atoms with van der Waals surface area (Å²) in [5.74, 6) is 1.91. The minimum atomic E-state index is 0.525. The molecule has 96 valence electrons. The second-order valence-electron chi connectivity index (χ2n) is 4.99. The van der Waals surface area contributed by atoms with Crippen molar-refractivity contribution >= 4 is 27.7 Å². The van der Waals surface area contributed by atoms with Crippen LogP contribution in [0.15, 0.2) is 27.6 Å². The maximum Gasteiger partial charge on any atom is 0.0231 e. The van der Waals surface area contributed by atoms with Gasteiger partial charge in [-0.05, 0) is 23.6 Å². The van der Waals surface area contributed by atoms with Crippen molar-refractivity contribution < 1.29 is 0 Å². The molecular weight excluding hydrogens is 294 g/mol. The van der Waals surface area contributed by atoms with E-state index in [-0.39, 0.29) is 0 Å². The number of hydrogen-bond donors (Lipinski definition) is 1. The second kappa shape index (κ2) is 7.45. The van der Waals surface area contributed by atoms with Crippen molar-refractivity contribution in [3.63, 3.8) is 0 Å². The van der Waals surface area contributed by atoms with Gasteiger partial charge in [-0.1, -0.05) is 49.7 Å². The van der Waals surface area contributed by atoms with Gasteiger partial charge in [0.1, 0.15) is 0 Å². The van der Waals surface area contributed by atoms with Crippen LogP contribution in [0.3, 0.4) is 0 Å². The van der Waals surface area contributed by atoms with Crippen LogP contribution in [0, 0.1) is 5.92 Å². The van der Waals surface area contributed by atoms with E-state index in [1.807, 2.05) is 11.8 Å². The summed E-state index contributed by atoms with van der Waals surface area (Å²) < 4.78 is 1.21. The molecule has 1 nitrogen and oxygen atoms in total. The van der Waals surface area contributed by atoms with Crippen LogP contribution in [0.25, 0.3) is 0 Å². The maximum absolute atomic E-state index is 3.65. The van der Waals surface area contributed by atoms with E-state index in [2.05, 4.69) is 67.1 Å². The molecule has 0 saturated carbocycles. The summed E-state index contributed by atoms with van der Waals surface area (Å²) in [6, 6.07) is 7.18. The largest absolute Gasteiger partial charge is 0.310 e. The Balaban J connectivity index is 2.59. The summed E-state index contributed by atoms with van der Waals surface area (Å²) in [7, 11) is 0. The summed E-state index contributed by atoms with van der Waals surface area (Å²) in [5.41, 5.74) is 1.33. The van der Waals surface area contributed by atoms with E-state index in [0.29, 0.717) is 6.04 Å². The molecule has 0 atom stereocenters. The lowest BCUT2D eigenvalue weighted by Gasteiger charge is -2.11. The molecule has 1 N–H and O–H groups in total. The molecule has 0 amide bonds. The molecule has 0 saturated heterocycles. The van der Waals surface area contributed by atoms with Crippen LogP contribution in [-0.4, -0.2) is 11.8 Å². The van der Waals surface area contributed by atoms with E-state index in [1.54, 1.807) is 0 Å². The zero-order valence-corrected chi connectivity index (χ0v) is 13.5. The molecular formula is C14H22BrNS. The first kappa shape index (κ1) is 15.1. The van der Waals surface area contributed by atoms with Gasteiger partial charge in [-0.15, -0.1) is 11.8 Å². The third-order valence-electron chi connectivity index (χ3n) is 2.31. The lowest BCUT2D eigenvalue weighted by atomic mass is 10.2. The number of nitrogens with one attached hydrogen (secondary N) is 1. The average Bonchev–Trinajstić information content (AvgIpc) is 2.24. The van der Waals surface area contributed by atoms with Gasteiger partial charge in [0.05, 0.1) is 0 Å². The molecule has 1 aromatic carbocycles. The highest BCUT2D eigenvalue weighted by Gasteiger charge is 2.03. The van der Waals surface area contributed by atoms with E-state index in [9.17, 15) is 0 Å². The Hall–Kier alpha value is 0.01000. The lowest BCUT2D eigenvalue weighted by Crippen LogP contribution is -2.21. The zero-order chi connectivity index (χ0) is 12.8. The molecule has 0 unspecified atom stereocenters. The van der Waals surface area contributed by atoms with E-state index in [0.717, 1.165) is 12.5 Å². The molecule has 0 heterocycles. The van der Waals surface area contributed by atoms with Gasteiger partial charge in [-0.3, -0.25) is 0 Å². The van der Waals surface area contributed by atoms with Crippen LogP contribution in [0.5, 0.6) is 0 Å². The smallest absolute Gasteiger partial charge is 0.0231 e. The molecule has 0 aromatic heterocycles. The van der Waals surface area contributed by atoms with Crippen molar-refractivity contribution in [3.8, 4) is 0 Å². The predicted molar refractivity (Wildman–Crippen MR) is 81.7 cm³/mol. The highest BCUT2D eigenvalue weighted by Crippen LogP contribution is 2.26. The van der Waals surface area contributed by atoms with Crippen LogP contribution in [0.2, 0.25) is 0 Å². The lowest BCUT2D eigenvalue weighted by molar-refractivity contribution is 0.587. The highest BCUT2D eigenvalue weighted by atomic mass is 79.9. The Bertz CT molecular complexity index is 350. The molecule has 0 aliphatic carbocycles. The fourth-order valence-corrected chi connectivity index (χ4v) is 2.90. The summed E-state index contributed by atoms with van der Waals surface area (Å²) in [6.07, 6.45) is 0. The van der Waals surface area contributed by atoms with Gasteiger partial charge in [-0.25, -0.2) is 0 Å². The number of rotatable bonds is 6. The fourth-order valence-electron chi connectivity index (χ4n) is 1.34. The number of thioether (sulfide) groups is 1. The monoisotopic (exact) mass is 315 g/mol. The van der Waals surface area contributed by atoms with Gasteiger partial charge >= 0.3 is 0 Å². The Labute approximate surface area is 118 Å². The maximum atomic E-state index is 3.65. The van der Waals surface area contributed by atoms with Crippen molar-refractivity contribution in [2.24, 2.45) is 5.92 Å². The molecule has 0 bridgehead atoms. The van der Waals surface area contributed by atoms with Gasteiger partial charge in [0.2, 0.25) is 0 Å². The quantitative estimate of drug-likeness (QED) is 0.764. The normalized spacial score (nSPS) is 11.5. The van der Waals surface area contributed by atoms with E-state index >= 15 is 0 Å². The molecule has 17 heavy (non-hydrogen) atoms. The van der Waals surface area contributed by atoms with Crippen LogP contribution in [0.4, 0.5) is 0 Å². The number of halogens is 1. The molecule has 1 aromatic rings. The van der Waals surface area contributed by atoms with Crippen LogP contribution in [-0.2, 0) is 6.54 Å². The summed E-state index contributed by atoms with van der Waals surface area (Å²) in [4.78, 5) is 1.35.